The number of carboxylic acids is 1. The number of rotatable bonds is 8. The van der Waals surface area contributed by atoms with Crippen LogP contribution >= 0.6 is 23.4 Å². The highest BCUT2D eigenvalue weighted by molar-refractivity contribution is 7.99. The van der Waals surface area contributed by atoms with Gasteiger partial charge in [0.1, 0.15) is 0 Å². The molecule has 1 atom stereocenters. The summed E-state index contributed by atoms with van der Waals surface area (Å²) in [7, 11) is 0. The minimum Gasteiger partial charge on any atom is -0.481 e. The number of hydrogen-bond donors (Lipinski definition) is 2. The Morgan fingerprint density at radius 2 is 2.00 bits per heavy atom. The van der Waals surface area contributed by atoms with Crippen LogP contribution in [0, 0.1) is 5.92 Å². The molecule has 1 aliphatic carbocycles. The summed E-state index contributed by atoms with van der Waals surface area (Å²) in [4.78, 5) is 23.7. The van der Waals surface area contributed by atoms with E-state index in [9.17, 15) is 9.59 Å². The Labute approximate surface area is 133 Å². The van der Waals surface area contributed by atoms with Gasteiger partial charge in [0.15, 0.2) is 0 Å². The van der Waals surface area contributed by atoms with Crippen LogP contribution in [0.15, 0.2) is 29.2 Å². The molecular weight excluding hydrogens is 310 g/mol. The molecule has 6 heteroatoms. The van der Waals surface area contributed by atoms with Crippen molar-refractivity contribution < 1.29 is 14.7 Å². The largest absolute Gasteiger partial charge is 0.481 e. The second-order valence-corrected chi connectivity index (χ2v) is 6.77. The van der Waals surface area contributed by atoms with E-state index in [4.69, 9.17) is 16.7 Å². The highest BCUT2D eigenvalue weighted by Crippen LogP contribution is 2.34. The zero-order valence-electron chi connectivity index (χ0n) is 11.5. The Morgan fingerprint density at radius 1 is 1.33 bits per heavy atom. The van der Waals surface area contributed by atoms with Gasteiger partial charge in [0.2, 0.25) is 5.91 Å². The molecule has 2 N–H and O–H groups in total. The number of aliphatic carboxylic acids is 1. The Balaban J connectivity index is 1.71. The lowest BCUT2D eigenvalue weighted by molar-refractivity contribution is -0.137. The summed E-state index contributed by atoms with van der Waals surface area (Å²) in [5.41, 5.74) is 0. The van der Waals surface area contributed by atoms with E-state index in [0.29, 0.717) is 23.1 Å². The fourth-order valence-corrected chi connectivity index (χ4v) is 3.07. The van der Waals surface area contributed by atoms with Crippen molar-refractivity contribution in [3.63, 3.8) is 0 Å². The highest BCUT2D eigenvalue weighted by atomic mass is 35.5. The molecule has 1 fully saturated rings. The van der Waals surface area contributed by atoms with Crippen molar-refractivity contribution in [1.82, 2.24) is 5.32 Å². The van der Waals surface area contributed by atoms with Crippen LogP contribution in [0.1, 0.15) is 25.7 Å². The van der Waals surface area contributed by atoms with E-state index in [1.54, 1.807) is 11.8 Å². The maximum atomic E-state index is 11.9. The van der Waals surface area contributed by atoms with E-state index in [0.717, 1.165) is 17.7 Å². The SMILES string of the molecule is O=C(O)CC(NC(=O)CCSc1ccc(Cl)cc1)C1CC1. The third kappa shape index (κ3) is 5.98. The predicted octanol–water partition coefficient (Wildman–Crippen LogP) is 3.19. The molecule has 1 aromatic rings. The molecule has 0 heterocycles. The lowest BCUT2D eigenvalue weighted by atomic mass is 10.1. The third-order valence-electron chi connectivity index (χ3n) is 3.34. The van der Waals surface area contributed by atoms with E-state index in [1.165, 1.54) is 0 Å². The van der Waals surface area contributed by atoms with Crippen molar-refractivity contribution in [2.75, 3.05) is 5.75 Å². The van der Waals surface area contributed by atoms with E-state index < -0.39 is 5.97 Å². The Hall–Kier alpha value is -1.20. The molecular formula is C15H18ClNO3S. The molecule has 1 saturated carbocycles. The van der Waals surface area contributed by atoms with E-state index in [1.807, 2.05) is 24.3 Å². The van der Waals surface area contributed by atoms with Gasteiger partial charge < -0.3 is 10.4 Å². The van der Waals surface area contributed by atoms with E-state index in [-0.39, 0.29) is 18.4 Å². The van der Waals surface area contributed by atoms with Gasteiger partial charge in [0, 0.05) is 28.1 Å². The molecule has 0 bridgehead atoms. The van der Waals surface area contributed by atoms with Crippen LogP contribution in [0.5, 0.6) is 0 Å². The number of amides is 1. The third-order valence-corrected chi connectivity index (χ3v) is 4.61. The summed E-state index contributed by atoms with van der Waals surface area (Å²) in [6.45, 7) is 0. The van der Waals surface area contributed by atoms with Crippen LogP contribution in [0.3, 0.4) is 0 Å². The molecule has 2 rings (SSSR count). The van der Waals surface area contributed by atoms with Crippen LogP contribution in [0.4, 0.5) is 0 Å². The Bertz CT molecular complexity index is 502. The number of benzene rings is 1. The molecule has 1 aliphatic rings. The monoisotopic (exact) mass is 327 g/mol. The normalized spacial score (nSPS) is 15.5. The van der Waals surface area contributed by atoms with E-state index >= 15 is 0 Å². The van der Waals surface area contributed by atoms with Crippen LogP contribution in [-0.2, 0) is 9.59 Å². The van der Waals surface area contributed by atoms with Crippen LogP contribution in [0.25, 0.3) is 0 Å². The van der Waals surface area contributed by atoms with E-state index in [2.05, 4.69) is 5.32 Å². The highest BCUT2D eigenvalue weighted by Gasteiger charge is 2.33. The lowest BCUT2D eigenvalue weighted by Gasteiger charge is -2.16. The van der Waals surface area contributed by atoms with Crippen LogP contribution in [-0.4, -0.2) is 28.8 Å². The van der Waals surface area contributed by atoms with Gasteiger partial charge in [-0.1, -0.05) is 11.6 Å². The van der Waals surface area contributed by atoms with Crippen LogP contribution < -0.4 is 5.32 Å². The van der Waals surface area contributed by atoms with Crippen LogP contribution in [0.2, 0.25) is 5.02 Å². The number of carboxylic acid groups (broad SMARTS) is 1. The molecule has 1 unspecified atom stereocenters. The zero-order chi connectivity index (χ0) is 15.2. The van der Waals surface area contributed by atoms with Gasteiger partial charge >= 0.3 is 5.97 Å². The van der Waals surface area contributed by atoms with Gasteiger partial charge in [-0.15, -0.1) is 11.8 Å². The Kier molecular flexibility index (Phi) is 5.94. The average molecular weight is 328 g/mol. The van der Waals surface area contributed by atoms with Crippen molar-refractivity contribution >= 4 is 35.2 Å². The zero-order valence-corrected chi connectivity index (χ0v) is 13.1. The summed E-state index contributed by atoms with van der Waals surface area (Å²) in [6.07, 6.45) is 2.42. The molecule has 0 radical (unpaired) electrons. The van der Waals surface area contributed by atoms with Crippen molar-refractivity contribution in [2.45, 2.75) is 36.6 Å². The lowest BCUT2D eigenvalue weighted by Crippen LogP contribution is -2.38. The molecule has 1 aromatic carbocycles. The summed E-state index contributed by atoms with van der Waals surface area (Å²) in [5.74, 6) is 0.0732. The smallest absolute Gasteiger partial charge is 0.305 e. The number of hydrogen-bond acceptors (Lipinski definition) is 3. The fourth-order valence-electron chi connectivity index (χ4n) is 2.09. The van der Waals surface area contributed by atoms with Gasteiger partial charge in [-0.25, -0.2) is 0 Å². The maximum Gasteiger partial charge on any atom is 0.305 e. The number of halogens is 1. The molecule has 0 spiro atoms. The quantitative estimate of drug-likeness (QED) is 0.720. The standard InChI is InChI=1S/C15H18ClNO3S/c16-11-3-5-12(6-4-11)21-8-7-14(18)17-13(9-15(19)20)10-1-2-10/h3-6,10,13H,1-2,7-9H2,(H,17,18)(H,19,20). The molecule has 0 saturated heterocycles. The molecule has 0 aromatic heterocycles. The topological polar surface area (TPSA) is 66.4 Å². The number of carbonyl (C=O) groups excluding carboxylic acids is 1. The number of nitrogens with one attached hydrogen (secondary N) is 1. The first kappa shape index (κ1) is 16.2. The molecule has 4 nitrogen and oxygen atoms in total. The second kappa shape index (κ2) is 7.71. The predicted molar refractivity (Wildman–Crippen MR) is 83.7 cm³/mol. The van der Waals surface area contributed by atoms with Gasteiger partial charge in [0.05, 0.1) is 6.42 Å². The second-order valence-electron chi connectivity index (χ2n) is 5.16. The Morgan fingerprint density at radius 3 is 2.57 bits per heavy atom. The van der Waals surface area contributed by atoms with Crippen molar-refractivity contribution in [3.8, 4) is 0 Å². The number of thioether (sulfide) groups is 1. The summed E-state index contributed by atoms with van der Waals surface area (Å²) in [6, 6.07) is 7.26. The summed E-state index contributed by atoms with van der Waals surface area (Å²) < 4.78 is 0. The van der Waals surface area contributed by atoms with Crippen molar-refractivity contribution in [2.24, 2.45) is 5.92 Å². The number of carbonyl (C=O) groups is 2. The van der Waals surface area contributed by atoms with Gasteiger partial charge in [-0.3, -0.25) is 9.59 Å². The minimum atomic E-state index is -0.859. The molecule has 21 heavy (non-hydrogen) atoms. The summed E-state index contributed by atoms with van der Waals surface area (Å²) in [5, 5.41) is 12.4. The molecule has 114 valence electrons. The molecule has 0 aliphatic heterocycles. The first-order chi connectivity index (χ1) is 10.0. The van der Waals surface area contributed by atoms with Crippen molar-refractivity contribution in [3.05, 3.63) is 29.3 Å². The molecule has 1 amide bonds. The first-order valence-electron chi connectivity index (χ1n) is 6.94. The maximum absolute atomic E-state index is 11.9. The van der Waals surface area contributed by atoms with Gasteiger partial charge in [0.25, 0.3) is 0 Å². The first-order valence-corrected chi connectivity index (χ1v) is 8.30. The van der Waals surface area contributed by atoms with Gasteiger partial charge in [-0.2, -0.15) is 0 Å². The summed E-state index contributed by atoms with van der Waals surface area (Å²) >= 11 is 7.40. The van der Waals surface area contributed by atoms with Crippen molar-refractivity contribution in [1.29, 1.82) is 0 Å². The average Bonchev–Trinajstić information content (AvgIpc) is 3.24. The van der Waals surface area contributed by atoms with Gasteiger partial charge in [-0.05, 0) is 43.0 Å². The fraction of sp³-hybridized carbons (Fsp3) is 0.467. The minimum absolute atomic E-state index is 0.0146.